The van der Waals surface area contributed by atoms with Gasteiger partial charge in [0.25, 0.3) is 0 Å². The molecule has 2 aromatic heterocycles. The summed E-state index contributed by atoms with van der Waals surface area (Å²) in [5.74, 6) is 0.905. The van der Waals surface area contributed by atoms with Crippen molar-refractivity contribution in [3.8, 4) is 10.7 Å². The number of aromatic nitrogens is 3. The van der Waals surface area contributed by atoms with E-state index in [2.05, 4.69) is 16.3 Å². The molecule has 1 aliphatic rings. The molecule has 19 heavy (non-hydrogen) atoms. The Morgan fingerprint density at radius 3 is 2.95 bits per heavy atom. The number of hydrogen-bond donors (Lipinski definition) is 1. The van der Waals surface area contributed by atoms with Crippen molar-refractivity contribution in [2.45, 2.75) is 42.2 Å². The first-order chi connectivity index (χ1) is 9.25. The molecule has 2 aromatic rings. The van der Waals surface area contributed by atoms with E-state index < -0.39 is 0 Å². The van der Waals surface area contributed by atoms with Crippen LogP contribution in [-0.2, 0) is 7.05 Å². The van der Waals surface area contributed by atoms with E-state index >= 15 is 0 Å². The highest BCUT2D eigenvalue weighted by Crippen LogP contribution is 2.34. The molecule has 3 rings (SSSR count). The number of hydrogen-bond acceptors (Lipinski definition) is 5. The summed E-state index contributed by atoms with van der Waals surface area (Å²) < 4.78 is 2.03. The van der Waals surface area contributed by atoms with Gasteiger partial charge in [-0.2, -0.15) is 0 Å². The van der Waals surface area contributed by atoms with Crippen molar-refractivity contribution in [1.29, 1.82) is 0 Å². The average Bonchev–Trinajstić information content (AvgIpc) is 3.03. The van der Waals surface area contributed by atoms with Crippen LogP contribution in [-0.4, -0.2) is 31.2 Å². The molecule has 1 N–H and O–H groups in total. The summed E-state index contributed by atoms with van der Waals surface area (Å²) in [6.45, 7) is 0. The van der Waals surface area contributed by atoms with Gasteiger partial charge >= 0.3 is 0 Å². The molecular weight excluding hydrogens is 278 g/mol. The maximum Gasteiger partial charge on any atom is 0.191 e. The summed E-state index contributed by atoms with van der Waals surface area (Å²) in [6.07, 6.45) is 4.10. The van der Waals surface area contributed by atoms with Crippen molar-refractivity contribution in [2.75, 3.05) is 0 Å². The SMILES string of the molecule is Cn1c(SC2CCCCC2O)nnc1-c1cccs1. The summed E-state index contributed by atoms with van der Waals surface area (Å²) >= 11 is 3.33. The topological polar surface area (TPSA) is 50.9 Å². The molecule has 0 bridgehead atoms. The predicted octanol–water partition coefficient (Wildman–Crippen LogP) is 2.94. The number of thiophene rings is 1. The van der Waals surface area contributed by atoms with Gasteiger partial charge in [-0.25, -0.2) is 0 Å². The monoisotopic (exact) mass is 295 g/mol. The van der Waals surface area contributed by atoms with Crippen molar-refractivity contribution in [3.05, 3.63) is 17.5 Å². The molecule has 0 radical (unpaired) electrons. The minimum absolute atomic E-state index is 0.208. The molecule has 2 atom stereocenters. The second kappa shape index (κ2) is 5.64. The largest absolute Gasteiger partial charge is 0.392 e. The van der Waals surface area contributed by atoms with Crippen LogP contribution in [0, 0.1) is 0 Å². The number of rotatable bonds is 3. The smallest absolute Gasteiger partial charge is 0.191 e. The van der Waals surface area contributed by atoms with Crippen LogP contribution in [0.25, 0.3) is 10.7 Å². The average molecular weight is 295 g/mol. The van der Waals surface area contributed by atoms with E-state index in [1.54, 1.807) is 23.1 Å². The summed E-state index contributed by atoms with van der Waals surface area (Å²) in [7, 11) is 1.99. The van der Waals surface area contributed by atoms with Gasteiger partial charge in [0.05, 0.1) is 11.0 Å². The predicted molar refractivity (Wildman–Crippen MR) is 78.4 cm³/mol. The Kier molecular flexibility index (Phi) is 3.91. The van der Waals surface area contributed by atoms with E-state index in [1.807, 2.05) is 23.1 Å². The Morgan fingerprint density at radius 1 is 1.37 bits per heavy atom. The zero-order valence-corrected chi connectivity index (χ0v) is 12.5. The molecule has 2 heterocycles. The Morgan fingerprint density at radius 2 is 2.21 bits per heavy atom. The van der Waals surface area contributed by atoms with Crippen molar-refractivity contribution < 1.29 is 5.11 Å². The van der Waals surface area contributed by atoms with E-state index in [4.69, 9.17) is 0 Å². The molecule has 1 saturated carbocycles. The van der Waals surface area contributed by atoms with Gasteiger partial charge in [-0.15, -0.1) is 21.5 Å². The summed E-state index contributed by atoms with van der Waals surface area (Å²) in [5, 5.41) is 21.8. The van der Waals surface area contributed by atoms with Gasteiger partial charge in [-0.05, 0) is 24.3 Å². The van der Waals surface area contributed by atoms with Gasteiger partial charge < -0.3 is 9.67 Å². The minimum Gasteiger partial charge on any atom is -0.392 e. The molecule has 0 saturated heterocycles. The molecule has 0 aliphatic heterocycles. The Hall–Kier alpha value is -0.850. The molecule has 0 amide bonds. The number of aliphatic hydroxyl groups excluding tert-OH is 1. The van der Waals surface area contributed by atoms with Gasteiger partial charge in [0.15, 0.2) is 11.0 Å². The van der Waals surface area contributed by atoms with Gasteiger partial charge in [-0.1, -0.05) is 30.7 Å². The lowest BCUT2D eigenvalue weighted by atomic mass is 9.97. The van der Waals surface area contributed by atoms with E-state index in [0.29, 0.717) is 0 Å². The fourth-order valence-corrected chi connectivity index (χ4v) is 4.31. The van der Waals surface area contributed by atoms with Crippen LogP contribution in [0.3, 0.4) is 0 Å². The highest BCUT2D eigenvalue weighted by molar-refractivity contribution is 7.99. The third-order valence-corrected chi connectivity index (χ3v) is 5.79. The van der Waals surface area contributed by atoms with Crippen LogP contribution in [0.4, 0.5) is 0 Å². The third kappa shape index (κ3) is 2.70. The lowest BCUT2D eigenvalue weighted by Crippen LogP contribution is -2.27. The summed E-state index contributed by atoms with van der Waals surface area (Å²) in [4.78, 5) is 1.13. The van der Waals surface area contributed by atoms with Crippen LogP contribution < -0.4 is 0 Å². The molecule has 2 unspecified atom stereocenters. The Bertz CT molecular complexity index is 538. The molecule has 1 aliphatic carbocycles. The van der Waals surface area contributed by atoms with Gasteiger partial charge in [0, 0.05) is 12.3 Å². The molecule has 1 fully saturated rings. The molecule has 6 heteroatoms. The fraction of sp³-hybridized carbons (Fsp3) is 0.538. The standard InChI is InChI=1S/C13H17N3OS2/c1-16-12(11-7-4-8-18-11)14-15-13(16)19-10-6-3-2-5-9(10)17/h4,7-10,17H,2-3,5-6H2,1H3. The minimum atomic E-state index is -0.208. The van der Waals surface area contributed by atoms with Crippen molar-refractivity contribution in [3.63, 3.8) is 0 Å². The number of aliphatic hydroxyl groups is 1. The van der Waals surface area contributed by atoms with E-state index in [9.17, 15) is 5.11 Å². The highest BCUT2D eigenvalue weighted by Gasteiger charge is 2.26. The first-order valence-electron chi connectivity index (χ1n) is 6.53. The summed E-state index contributed by atoms with van der Waals surface area (Å²) in [6, 6.07) is 4.07. The zero-order chi connectivity index (χ0) is 13.2. The molecule has 0 aromatic carbocycles. The van der Waals surface area contributed by atoms with Crippen molar-refractivity contribution in [1.82, 2.24) is 14.8 Å². The van der Waals surface area contributed by atoms with E-state index in [-0.39, 0.29) is 11.4 Å². The lowest BCUT2D eigenvalue weighted by molar-refractivity contribution is 0.137. The van der Waals surface area contributed by atoms with Crippen LogP contribution in [0.5, 0.6) is 0 Å². The van der Waals surface area contributed by atoms with Gasteiger partial charge in [0.1, 0.15) is 0 Å². The van der Waals surface area contributed by atoms with Crippen LogP contribution in [0.2, 0.25) is 0 Å². The zero-order valence-electron chi connectivity index (χ0n) is 10.8. The highest BCUT2D eigenvalue weighted by atomic mass is 32.2. The van der Waals surface area contributed by atoms with Crippen LogP contribution >= 0.6 is 23.1 Å². The van der Waals surface area contributed by atoms with Crippen LogP contribution in [0.15, 0.2) is 22.7 Å². The molecular formula is C13H17N3OS2. The van der Waals surface area contributed by atoms with E-state index in [1.165, 1.54) is 6.42 Å². The first kappa shape index (κ1) is 13.1. The Balaban J connectivity index is 1.79. The quantitative estimate of drug-likeness (QED) is 0.946. The van der Waals surface area contributed by atoms with Crippen molar-refractivity contribution >= 4 is 23.1 Å². The Labute approximate surface area is 120 Å². The van der Waals surface area contributed by atoms with E-state index in [0.717, 1.165) is 35.1 Å². The maximum atomic E-state index is 10.0. The van der Waals surface area contributed by atoms with Gasteiger partial charge in [-0.3, -0.25) is 0 Å². The molecule has 102 valence electrons. The maximum absolute atomic E-state index is 10.0. The number of thioether (sulfide) groups is 1. The second-order valence-electron chi connectivity index (χ2n) is 4.85. The first-order valence-corrected chi connectivity index (χ1v) is 8.29. The normalized spacial score (nSPS) is 23.7. The van der Waals surface area contributed by atoms with Crippen LogP contribution in [0.1, 0.15) is 25.7 Å². The van der Waals surface area contributed by atoms with Crippen molar-refractivity contribution in [2.24, 2.45) is 7.05 Å². The third-order valence-electron chi connectivity index (χ3n) is 3.50. The number of nitrogens with zero attached hydrogens (tertiary/aromatic N) is 3. The lowest BCUT2D eigenvalue weighted by Gasteiger charge is -2.26. The second-order valence-corrected chi connectivity index (χ2v) is 7.00. The fourth-order valence-electron chi connectivity index (χ4n) is 2.39. The summed E-state index contributed by atoms with van der Waals surface area (Å²) in [5.41, 5.74) is 0. The molecule has 4 nitrogen and oxygen atoms in total. The van der Waals surface area contributed by atoms with Gasteiger partial charge in [0.2, 0.25) is 0 Å². The molecule has 0 spiro atoms.